The normalized spacial score (nSPS) is 12.9. The van der Waals surface area contributed by atoms with Gasteiger partial charge < -0.3 is 10.1 Å². The predicted octanol–water partition coefficient (Wildman–Crippen LogP) is 5.30. The van der Waals surface area contributed by atoms with Gasteiger partial charge in [-0.2, -0.15) is 0 Å². The Morgan fingerprint density at radius 2 is 2.05 bits per heavy atom. The van der Waals surface area contributed by atoms with Crippen molar-refractivity contribution in [3.8, 4) is 5.75 Å². The van der Waals surface area contributed by atoms with Crippen molar-refractivity contribution in [2.45, 2.75) is 13.0 Å². The van der Waals surface area contributed by atoms with Gasteiger partial charge in [-0.1, -0.05) is 39.1 Å². The summed E-state index contributed by atoms with van der Waals surface area (Å²) in [5.74, 6) is 0.985. The van der Waals surface area contributed by atoms with E-state index in [-0.39, 0.29) is 0 Å². The Balaban J connectivity index is 1.84. The third-order valence-corrected chi connectivity index (χ3v) is 4.25. The van der Waals surface area contributed by atoms with Crippen LogP contribution in [0.3, 0.4) is 0 Å². The second-order valence-electron chi connectivity index (χ2n) is 4.63. The van der Waals surface area contributed by atoms with Gasteiger partial charge in [0.1, 0.15) is 5.75 Å². The molecule has 0 atom stereocenters. The fourth-order valence-electron chi connectivity index (χ4n) is 2.30. The summed E-state index contributed by atoms with van der Waals surface area (Å²) in [5, 5.41) is 4.62. The minimum absolute atomic E-state index is 0.641. The van der Waals surface area contributed by atoms with Gasteiger partial charge in [-0.05, 0) is 35.9 Å². The van der Waals surface area contributed by atoms with E-state index in [4.69, 9.17) is 27.9 Å². The van der Waals surface area contributed by atoms with Crippen molar-refractivity contribution in [3.63, 3.8) is 0 Å². The van der Waals surface area contributed by atoms with Crippen LogP contribution in [0.25, 0.3) is 0 Å². The van der Waals surface area contributed by atoms with Crippen molar-refractivity contribution < 1.29 is 4.74 Å². The molecule has 0 amide bonds. The molecule has 2 nitrogen and oxygen atoms in total. The lowest BCUT2D eigenvalue weighted by atomic mass is 10.1. The molecule has 1 heterocycles. The number of hydrogen-bond acceptors (Lipinski definition) is 2. The first kappa shape index (κ1) is 14.1. The molecule has 0 saturated heterocycles. The van der Waals surface area contributed by atoms with Crippen molar-refractivity contribution in [1.82, 2.24) is 0 Å². The first-order chi connectivity index (χ1) is 9.63. The topological polar surface area (TPSA) is 21.3 Å². The van der Waals surface area contributed by atoms with Crippen LogP contribution in [0, 0.1) is 0 Å². The van der Waals surface area contributed by atoms with Crippen LogP contribution in [0.15, 0.2) is 34.8 Å². The number of hydrogen-bond donors (Lipinski definition) is 1. The zero-order chi connectivity index (χ0) is 14.1. The summed E-state index contributed by atoms with van der Waals surface area (Å²) in [5.41, 5.74) is 3.18. The lowest BCUT2D eigenvalue weighted by molar-refractivity contribution is 0.354. The average molecular weight is 373 g/mol. The molecule has 0 fully saturated rings. The number of halogens is 3. The number of rotatable bonds is 3. The third kappa shape index (κ3) is 2.90. The molecule has 0 aromatic heterocycles. The van der Waals surface area contributed by atoms with E-state index in [0.29, 0.717) is 16.6 Å². The molecule has 0 saturated carbocycles. The van der Waals surface area contributed by atoms with Gasteiger partial charge in [-0.15, -0.1) is 0 Å². The Morgan fingerprint density at radius 1 is 1.20 bits per heavy atom. The van der Waals surface area contributed by atoms with E-state index >= 15 is 0 Å². The monoisotopic (exact) mass is 371 g/mol. The van der Waals surface area contributed by atoms with Gasteiger partial charge in [0.25, 0.3) is 0 Å². The van der Waals surface area contributed by atoms with Crippen molar-refractivity contribution in [1.29, 1.82) is 0 Å². The molecule has 0 unspecified atom stereocenters. The second kappa shape index (κ2) is 5.84. The Kier molecular flexibility index (Phi) is 4.11. The fourth-order valence-corrected chi connectivity index (χ4v) is 3.21. The molecule has 0 bridgehead atoms. The molecule has 0 spiro atoms. The summed E-state index contributed by atoms with van der Waals surface area (Å²) < 4.78 is 6.77. The summed E-state index contributed by atoms with van der Waals surface area (Å²) in [7, 11) is 0. The highest BCUT2D eigenvalue weighted by Crippen LogP contribution is 2.34. The van der Waals surface area contributed by atoms with Gasteiger partial charge in [0.15, 0.2) is 0 Å². The molecule has 3 rings (SSSR count). The largest absolute Gasteiger partial charge is 0.493 e. The van der Waals surface area contributed by atoms with Crippen LogP contribution < -0.4 is 10.1 Å². The minimum Gasteiger partial charge on any atom is -0.493 e. The zero-order valence-electron chi connectivity index (χ0n) is 10.6. The van der Waals surface area contributed by atoms with Crippen LogP contribution in [-0.4, -0.2) is 6.61 Å². The number of anilines is 1. The van der Waals surface area contributed by atoms with E-state index < -0.39 is 0 Å². The number of ether oxygens (including phenoxy) is 1. The molecular weight excluding hydrogens is 361 g/mol. The van der Waals surface area contributed by atoms with Gasteiger partial charge in [-0.3, -0.25) is 0 Å². The lowest BCUT2D eigenvalue weighted by Gasteiger charge is -2.12. The SMILES string of the molecule is Clc1ccc(Cl)c(NCc2cc(Br)cc3c2OCC3)c1. The first-order valence-corrected chi connectivity index (χ1v) is 7.81. The Bertz CT molecular complexity index is 661. The molecule has 1 aliphatic rings. The van der Waals surface area contributed by atoms with E-state index in [9.17, 15) is 0 Å². The molecule has 1 N–H and O–H groups in total. The van der Waals surface area contributed by atoms with Crippen LogP contribution in [0.2, 0.25) is 10.0 Å². The molecule has 104 valence electrons. The number of benzene rings is 2. The fraction of sp³-hybridized carbons (Fsp3) is 0.200. The van der Waals surface area contributed by atoms with Gasteiger partial charge in [-0.25, -0.2) is 0 Å². The predicted molar refractivity (Wildman–Crippen MR) is 87.1 cm³/mol. The third-order valence-electron chi connectivity index (χ3n) is 3.22. The molecule has 20 heavy (non-hydrogen) atoms. The quantitative estimate of drug-likeness (QED) is 0.788. The molecule has 0 radical (unpaired) electrons. The highest BCUT2D eigenvalue weighted by atomic mass is 79.9. The number of fused-ring (bicyclic) bond motifs is 1. The maximum absolute atomic E-state index is 6.15. The van der Waals surface area contributed by atoms with E-state index in [2.05, 4.69) is 33.4 Å². The van der Waals surface area contributed by atoms with Crippen LogP contribution >= 0.6 is 39.1 Å². The summed E-state index contributed by atoms with van der Waals surface area (Å²) in [4.78, 5) is 0. The van der Waals surface area contributed by atoms with Gasteiger partial charge in [0, 0.05) is 28.0 Å². The van der Waals surface area contributed by atoms with Crippen LogP contribution in [0.4, 0.5) is 5.69 Å². The standard InChI is InChI=1S/C15H12BrCl2NO/c16-11-5-9-3-4-20-15(9)10(6-11)8-19-14-7-12(17)1-2-13(14)18/h1-2,5-7,19H,3-4,8H2. The zero-order valence-corrected chi connectivity index (χ0v) is 13.6. The highest BCUT2D eigenvalue weighted by Gasteiger charge is 2.17. The Morgan fingerprint density at radius 3 is 2.90 bits per heavy atom. The van der Waals surface area contributed by atoms with Gasteiger partial charge in [0.2, 0.25) is 0 Å². The van der Waals surface area contributed by atoms with Gasteiger partial charge >= 0.3 is 0 Å². The van der Waals surface area contributed by atoms with Crippen molar-refractivity contribution in [2.75, 3.05) is 11.9 Å². The minimum atomic E-state index is 0.641. The Labute approximate surface area is 136 Å². The maximum Gasteiger partial charge on any atom is 0.127 e. The molecule has 2 aromatic rings. The lowest BCUT2D eigenvalue weighted by Crippen LogP contribution is -2.02. The van der Waals surface area contributed by atoms with Crippen LogP contribution in [0.1, 0.15) is 11.1 Å². The molecule has 1 aliphatic heterocycles. The van der Waals surface area contributed by atoms with Crippen molar-refractivity contribution in [3.05, 3.63) is 56.0 Å². The van der Waals surface area contributed by atoms with E-state index in [1.165, 1.54) is 5.56 Å². The first-order valence-electron chi connectivity index (χ1n) is 6.26. The molecule has 2 aromatic carbocycles. The molecule has 5 heteroatoms. The molecule has 0 aliphatic carbocycles. The summed E-state index contributed by atoms with van der Waals surface area (Å²) in [6.07, 6.45) is 0.958. The van der Waals surface area contributed by atoms with Gasteiger partial charge in [0.05, 0.1) is 17.3 Å². The summed E-state index contributed by atoms with van der Waals surface area (Å²) in [6, 6.07) is 9.56. The van der Waals surface area contributed by atoms with Crippen molar-refractivity contribution >= 4 is 44.8 Å². The van der Waals surface area contributed by atoms with Crippen LogP contribution in [-0.2, 0) is 13.0 Å². The van der Waals surface area contributed by atoms with Crippen molar-refractivity contribution in [2.24, 2.45) is 0 Å². The summed E-state index contributed by atoms with van der Waals surface area (Å²) >= 11 is 15.7. The maximum atomic E-state index is 6.15. The van der Waals surface area contributed by atoms with Crippen LogP contribution in [0.5, 0.6) is 5.75 Å². The number of nitrogens with one attached hydrogen (secondary N) is 1. The smallest absolute Gasteiger partial charge is 0.127 e. The molecular formula is C15H12BrCl2NO. The Hall–Kier alpha value is -0.900. The van der Waals surface area contributed by atoms with E-state index in [1.807, 2.05) is 6.07 Å². The highest BCUT2D eigenvalue weighted by molar-refractivity contribution is 9.10. The average Bonchev–Trinajstić information content (AvgIpc) is 2.87. The van der Waals surface area contributed by atoms with E-state index in [1.54, 1.807) is 12.1 Å². The summed E-state index contributed by atoms with van der Waals surface area (Å²) in [6.45, 7) is 1.39. The van der Waals surface area contributed by atoms with E-state index in [0.717, 1.165) is 34.5 Å². The second-order valence-corrected chi connectivity index (χ2v) is 6.39.